The van der Waals surface area contributed by atoms with Crippen molar-refractivity contribution in [1.82, 2.24) is 5.32 Å². The predicted molar refractivity (Wildman–Crippen MR) is 87.1 cm³/mol. The lowest BCUT2D eigenvalue weighted by Gasteiger charge is -2.05. The monoisotopic (exact) mass is 330 g/mol. The molecule has 0 saturated carbocycles. The van der Waals surface area contributed by atoms with Crippen LogP contribution in [0.5, 0.6) is 0 Å². The summed E-state index contributed by atoms with van der Waals surface area (Å²) in [7, 11) is 0. The second-order valence-corrected chi connectivity index (χ2v) is 5.50. The van der Waals surface area contributed by atoms with E-state index in [1.165, 1.54) is 6.07 Å². The van der Waals surface area contributed by atoms with E-state index in [4.69, 9.17) is 4.74 Å². The van der Waals surface area contributed by atoms with E-state index in [0.717, 1.165) is 16.9 Å². The molecule has 1 aromatic heterocycles. The Morgan fingerprint density at radius 3 is 2.74 bits per heavy atom. The smallest absolute Gasteiger partial charge is 0.407 e. The summed E-state index contributed by atoms with van der Waals surface area (Å²) in [5.41, 5.74) is 0.918. The van der Waals surface area contributed by atoms with Crippen LogP contribution in [0.2, 0.25) is 0 Å². The summed E-state index contributed by atoms with van der Waals surface area (Å²) in [6.07, 6.45) is -0.0611. The number of nitrogens with zero attached hydrogens (tertiary/aromatic N) is 1. The van der Waals surface area contributed by atoms with Gasteiger partial charge in [0.25, 0.3) is 0 Å². The molecular weight excluding hydrogens is 316 g/mol. The van der Waals surface area contributed by atoms with Crippen LogP contribution in [0.3, 0.4) is 0 Å². The molecule has 0 fully saturated rings. The average Bonchev–Trinajstić information content (AvgIpc) is 3.03. The van der Waals surface area contributed by atoms with Crippen molar-refractivity contribution in [2.75, 3.05) is 6.54 Å². The van der Waals surface area contributed by atoms with E-state index in [0.29, 0.717) is 17.8 Å². The summed E-state index contributed by atoms with van der Waals surface area (Å²) < 4.78 is 5.05. The Hall–Kier alpha value is -2.85. The van der Waals surface area contributed by atoms with Crippen molar-refractivity contribution in [2.24, 2.45) is 0 Å². The van der Waals surface area contributed by atoms with Crippen LogP contribution >= 0.6 is 11.3 Å². The molecule has 2 aromatic rings. The summed E-state index contributed by atoms with van der Waals surface area (Å²) in [5.74, 6) is 5.67. The Morgan fingerprint density at radius 2 is 2.04 bits per heavy atom. The third-order valence-electron chi connectivity index (χ3n) is 2.72. The lowest BCUT2D eigenvalue weighted by molar-refractivity contribution is -0.380. The van der Waals surface area contributed by atoms with Crippen LogP contribution in [-0.2, 0) is 11.3 Å². The van der Waals surface area contributed by atoms with Crippen molar-refractivity contribution in [1.29, 1.82) is 0 Å². The fourth-order valence-electron chi connectivity index (χ4n) is 1.64. The standard InChI is InChI=1S/C16H14N2O4S/c19-16(22-12-13-6-2-1-3-7-13)17-11-5-4-8-14-9-10-15(23-14)18(20)21/h1-3,6-7,9-10H,5,11-12H2,(H,17,19). The Bertz CT molecular complexity index is 731. The highest BCUT2D eigenvalue weighted by molar-refractivity contribution is 7.15. The summed E-state index contributed by atoms with van der Waals surface area (Å²) in [6.45, 7) is 0.575. The first-order valence-electron chi connectivity index (χ1n) is 6.83. The van der Waals surface area contributed by atoms with Crippen molar-refractivity contribution in [3.63, 3.8) is 0 Å². The van der Waals surface area contributed by atoms with Crippen molar-refractivity contribution in [2.45, 2.75) is 13.0 Å². The number of rotatable bonds is 5. The van der Waals surface area contributed by atoms with E-state index in [1.54, 1.807) is 6.07 Å². The maximum absolute atomic E-state index is 11.5. The van der Waals surface area contributed by atoms with Gasteiger partial charge in [0.05, 0.1) is 9.80 Å². The highest BCUT2D eigenvalue weighted by atomic mass is 32.1. The normalized spacial score (nSPS) is 9.57. The molecule has 6 nitrogen and oxygen atoms in total. The number of alkyl carbamates (subject to hydrolysis) is 1. The molecule has 1 aromatic carbocycles. The minimum atomic E-state index is -0.498. The van der Waals surface area contributed by atoms with E-state index in [2.05, 4.69) is 17.2 Å². The molecular formula is C16H14N2O4S. The largest absolute Gasteiger partial charge is 0.445 e. The number of nitrogens with one attached hydrogen (secondary N) is 1. The van der Waals surface area contributed by atoms with Gasteiger partial charge in [-0.15, -0.1) is 0 Å². The van der Waals surface area contributed by atoms with Crippen molar-refractivity contribution in [3.05, 3.63) is 63.0 Å². The van der Waals surface area contributed by atoms with Crippen LogP contribution in [-0.4, -0.2) is 17.6 Å². The number of ether oxygens (including phenoxy) is 1. The van der Waals surface area contributed by atoms with Crippen LogP contribution in [0.1, 0.15) is 16.9 Å². The fraction of sp³-hybridized carbons (Fsp3) is 0.188. The molecule has 1 amide bonds. The summed E-state index contributed by atoms with van der Waals surface area (Å²) in [5, 5.41) is 13.2. The third-order valence-corrected chi connectivity index (χ3v) is 3.67. The molecule has 0 aliphatic heterocycles. The molecule has 0 radical (unpaired) electrons. The van der Waals surface area contributed by atoms with Crippen LogP contribution in [0.25, 0.3) is 0 Å². The number of hydrogen-bond donors (Lipinski definition) is 1. The molecule has 1 heterocycles. The van der Waals surface area contributed by atoms with Crippen LogP contribution in [0, 0.1) is 22.0 Å². The second kappa shape index (κ2) is 8.56. The minimum absolute atomic E-state index is 0.0666. The van der Waals surface area contributed by atoms with E-state index in [9.17, 15) is 14.9 Å². The van der Waals surface area contributed by atoms with E-state index in [-0.39, 0.29) is 11.6 Å². The molecule has 0 saturated heterocycles. The van der Waals surface area contributed by atoms with Gasteiger partial charge in [-0.05, 0) is 11.6 Å². The molecule has 118 valence electrons. The van der Waals surface area contributed by atoms with Gasteiger partial charge < -0.3 is 10.1 Å². The van der Waals surface area contributed by atoms with Gasteiger partial charge in [0, 0.05) is 19.0 Å². The lowest BCUT2D eigenvalue weighted by Crippen LogP contribution is -2.24. The van der Waals surface area contributed by atoms with E-state index >= 15 is 0 Å². The number of amides is 1. The number of hydrogen-bond acceptors (Lipinski definition) is 5. The number of thiophene rings is 1. The molecule has 1 N–H and O–H groups in total. The Labute approximate surface area is 137 Å². The maximum Gasteiger partial charge on any atom is 0.407 e. The van der Waals surface area contributed by atoms with Crippen molar-refractivity contribution in [3.8, 4) is 11.8 Å². The zero-order chi connectivity index (χ0) is 16.5. The molecule has 0 spiro atoms. The number of carbonyl (C=O) groups excluding carboxylic acids is 1. The topological polar surface area (TPSA) is 81.5 Å². The molecule has 0 atom stereocenters. The molecule has 0 aliphatic rings. The van der Waals surface area contributed by atoms with Crippen LogP contribution < -0.4 is 5.32 Å². The summed E-state index contributed by atoms with van der Waals surface area (Å²) in [4.78, 5) is 22.2. The molecule has 23 heavy (non-hydrogen) atoms. The number of carbonyl (C=O) groups is 1. The third kappa shape index (κ3) is 5.80. The summed E-state index contributed by atoms with van der Waals surface area (Å²) >= 11 is 1.03. The zero-order valence-electron chi connectivity index (χ0n) is 12.2. The highest BCUT2D eigenvalue weighted by Gasteiger charge is 2.07. The molecule has 2 rings (SSSR count). The van der Waals surface area contributed by atoms with Gasteiger partial charge in [0.2, 0.25) is 0 Å². The minimum Gasteiger partial charge on any atom is -0.445 e. The molecule has 0 bridgehead atoms. The van der Waals surface area contributed by atoms with Gasteiger partial charge in [-0.1, -0.05) is 53.5 Å². The van der Waals surface area contributed by atoms with Crippen molar-refractivity contribution >= 4 is 22.4 Å². The Balaban J connectivity index is 1.66. The van der Waals surface area contributed by atoms with Crippen LogP contribution in [0.15, 0.2) is 42.5 Å². The van der Waals surface area contributed by atoms with Gasteiger partial charge in [-0.25, -0.2) is 4.79 Å². The zero-order valence-corrected chi connectivity index (χ0v) is 13.0. The van der Waals surface area contributed by atoms with E-state index in [1.807, 2.05) is 30.3 Å². The van der Waals surface area contributed by atoms with Gasteiger partial charge in [0.15, 0.2) is 0 Å². The van der Waals surface area contributed by atoms with Gasteiger partial charge in [-0.2, -0.15) is 0 Å². The fourth-order valence-corrected chi connectivity index (χ4v) is 2.34. The Kier molecular flexibility index (Phi) is 6.15. The maximum atomic E-state index is 11.5. The lowest BCUT2D eigenvalue weighted by atomic mass is 10.2. The van der Waals surface area contributed by atoms with E-state index < -0.39 is 11.0 Å². The van der Waals surface area contributed by atoms with Gasteiger partial charge in [0.1, 0.15) is 6.61 Å². The SMILES string of the molecule is O=C(NCCC#Cc1ccc([N+](=O)[O-])s1)OCc1ccccc1. The van der Waals surface area contributed by atoms with Gasteiger partial charge in [-0.3, -0.25) is 10.1 Å². The first-order valence-corrected chi connectivity index (χ1v) is 7.64. The summed E-state index contributed by atoms with van der Waals surface area (Å²) in [6, 6.07) is 12.4. The Morgan fingerprint density at radius 1 is 1.26 bits per heavy atom. The molecule has 7 heteroatoms. The average molecular weight is 330 g/mol. The van der Waals surface area contributed by atoms with Crippen LogP contribution in [0.4, 0.5) is 9.80 Å². The van der Waals surface area contributed by atoms with Crippen molar-refractivity contribution < 1.29 is 14.5 Å². The highest BCUT2D eigenvalue weighted by Crippen LogP contribution is 2.22. The first-order chi connectivity index (χ1) is 11.1. The van der Waals surface area contributed by atoms with Gasteiger partial charge >= 0.3 is 11.1 Å². The molecule has 0 unspecified atom stereocenters. The second-order valence-electron chi connectivity index (χ2n) is 4.44. The quantitative estimate of drug-likeness (QED) is 0.394. The molecule has 0 aliphatic carbocycles. The number of nitro groups is 1. The number of benzene rings is 1. The predicted octanol–water partition coefficient (Wildman–Crippen LogP) is 3.32. The first kappa shape index (κ1) is 16.5.